The third-order valence-electron chi connectivity index (χ3n) is 3.17. The highest BCUT2D eigenvalue weighted by Crippen LogP contribution is 2.06. The predicted octanol–water partition coefficient (Wildman–Crippen LogP) is 1.10. The fourth-order valence-electron chi connectivity index (χ4n) is 2.09. The topological polar surface area (TPSA) is 50.4 Å². The Kier molecular flexibility index (Phi) is 4.73. The molecule has 1 aliphatic rings. The molecule has 98 valence electrons. The van der Waals surface area contributed by atoms with Gasteiger partial charge in [0.15, 0.2) is 0 Å². The van der Waals surface area contributed by atoms with Crippen molar-refractivity contribution in [2.24, 2.45) is 0 Å². The molecule has 1 atom stereocenters. The van der Waals surface area contributed by atoms with Gasteiger partial charge in [0.1, 0.15) is 0 Å². The average molecular weight is 248 g/mol. The van der Waals surface area contributed by atoms with E-state index >= 15 is 0 Å². The number of aryl methyl sites for hydroxylation is 1. The van der Waals surface area contributed by atoms with Gasteiger partial charge in [-0.3, -0.25) is 4.79 Å². The quantitative estimate of drug-likeness (QED) is 0.839. The first-order valence-corrected chi connectivity index (χ1v) is 6.42. The summed E-state index contributed by atoms with van der Waals surface area (Å²) in [5.41, 5.74) is 1.76. The number of hydrogen-bond donors (Lipinski definition) is 2. The summed E-state index contributed by atoms with van der Waals surface area (Å²) in [4.78, 5) is 11.9. The smallest absolute Gasteiger partial charge is 0.251 e. The van der Waals surface area contributed by atoms with Crippen LogP contribution in [-0.2, 0) is 4.74 Å². The zero-order valence-electron chi connectivity index (χ0n) is 10.7. The molecular weight excluding hydrogens is 228 g/mol. The minimum Gasteiger partial charge on any atom is -0.379 e. The van der Waals surface area contributed by atoms with E-state index in [9.17, 15) is 4.79 Å². The number of rotatable bonds is 4. The fourth-order valence-corrected chi connectivity index (χ4v) is 2.09. The van der Waals surface area contributed by atoms with Gasteiger partial charge in [0.05, 0.1) is 13.2 Å². The van der Waals surface area contributed by atoms with E-state index in [4.69, 9.17) is 4.74 Å². The van der Waals surface area contributed by atoms with Crippen molar-refractivity contribution in [3.05, 3.63) is 35.4 Å². The minimum absolute atomic E-state index is 0.00447. The normalized spacial score (nSPS) is 19.5. The Bertz CT molecular complexity index is 401. The van der Waals surface area contributed by atoms with Crippen molar-refractivity contribution >= 4 is 5.91 Å². The van der Waals surface area contributed by atoms with Gasteiger partial charge in [-0.05, 0) is 25.0 Å². The Morgan fingerprint density at radius 3 is 3.06 bits per heavy atom. The highest BCUT2D eigenvalue weighted by atomic mass is 16.5. The molecule has 1 aromatic rings. The molecule has 0 aromatic heterocycles. The number of carbonyl (C=O) groups excluding carboxylic acids is 1. The van der Waals surface area contributed by atoms with Crippen LogP contribution in [0.25, 0.3) is 0 Å². The van der Waals surface area contributed by atoms with Crippen LogP contribution in [0, 0.1) is 6.92 Å². The molecule has 4 heteroatoms. The standard InChI is InChI=1S/C14H20N2O2/c1-11-4-2-3-5-13(11)14(17)16-7-6-12-10-18-9-8-15-12/h2-5,12,15H,6-10H2,1H3,(H,16,17). The largest absolute Gasteiger partial charge is 0.379 e. The van der Waals surface area contributed by atoms with E-state index < -0.39 is 0 Å². The molecule has 1 amide bonds. The molecule has 1 saturated heterocycles. The second-order valence-corrected chi connectivity index (χ2v) is 4.59. The SMILES string of the molecule is Cc1ccccc1C(=O)NCCC1COCCN1. The van der Waals surface area contributed by atoms with Crippen molar-refractivity contribution in [2.75, 3.05) is 26.3 Å². The highest BCUT2D eigenvalue weighted by molar-refractivity contribution is 5.95. The van der Waals surface area contributed by atoms with E-state index in [0.717, 1.165) is 37.3 Å². The first kappa shape index (κ1) is 13.1. The Balaban J connectivity index is 1.76. The van der Waals surface area contributed by atoms with Crippen molar-refractivity contribution in [3.63, 3.8) is 0 Å². The van der Waals surface area contributed by atoms with Gasteiger partial charge in [0.2, 0.25) is 0 Å². The van der Waals surface area contributed by atoms with E-state index in [1.54, 1.807) is 0 Å². The van der Waals surface area contributed by atoms with Crippen LogP contribution in [0.2, 0.25) is 0 Å². The summed E-state index contributed by atoms with van der Waals surface area (Å²) < 4.78 is 5.37. The van der Waals surface area contributed by atoms with Crippen LogP contribution >= 0.6 is 0 Å². The van der Waals surface area contributed by atoms with Crippen molar-refractivity contribution < 1.29 is 9.53 Å². The number of carbonyl (C=O) groups is 1. The zero-order valence-corrected chi connectivity index (χ0v) is 10.7. The predicted molar refractivity (Wildman–Crippen MR) is 70.7 cm³/mol. The van der Waals surface area contributed by atoms with Crippen molar-refractivity contribution in [3.8, 4) is 0 Å². The van der Waals surface area contributed by atoms with Gasteiger partial charge in [-0.1, -0.05) is 18.2 Å². The number of nitrogens with one attached hydrogen (secondary N) is 2. The Morgan fingerprint density at radius 2 is 2.33 bits per heavy atom. The summed E-state index contributed by atoms with van der Waals surface area (Å²) in [6, 6.07) is 7.99. The second kappa shape index (κ2) is 6.52. The van der Waals surface area contributed by atoms with Crippen molar-refractivity contribution in [1.82, 2.24) is 10.6 Å². The highest BCUT2D eigenvalue weighted by Gasteiger charge is 2.13. The fraction of sp³-hybridized carbons (Fsp3) is 0.500. The van der Waals surface area contributed by atoms with E-state index in [1.165, 1.54) is 0 Å². The average Bonchev–Trinajstić information content (AvgIpc) is 2.40. The first-order chi connectivity index (χ1) is 8.77. The lowest BCUT2D eigenvalue weighted by molar-refractivity contribution is 0.0733. The maximum Gasteiger partial charge on any atom is 0.251 e. The van der Waals surface area contributed by atoms with Gasteiger partial charge in [0, 0.05) is 24.7 Å². The van der Waals surface area contributed by atoms with Gasteiger partial charge in [0.25, 0.3) is 5.91 Å². The molecule has 0 saturated carbocycles. The number of amides is 1. The van der Waals surface area contributed by atoms with Crippen LogP contribution < -0.4 is 10.6 Å². The van der Waals surface area contributed by atoms with Crippen LogP contribution in [0.5, 0.6) is 0 Å². The van der Waals surface area contributed by atoms with E-state index in [2.05, 4.69) is 10.6 Å². The molecular formula is C14H20N2O2. The van der Waals surface area contributed by atoms with Crippen LogP contribution in [0.15, 0.2) is 24.3 Å². The lowest BCUT2D eigenvalue weighted by Crippen LogP contribution is -2.43. The van der Waals surface area contributed by atoms with Crippen molar-refractivity contribution in [2.45, 2.75) is 19.4 Å². The zero-order chi connectivity index (χ0) is 12.8. The Labute approximate surface area is 108 Å². The third-order valence-corrected chi connectivity index (χ3v) is 3.17. The van der Waals surface area contributed by atoms with Crippen LogP contribution in [0.4, 0.5) is 0 Å². The molecule has 1 fully saturated rings. The van der Waals surface area contributed by atoms with Gasteiger partial charge < -0.3 is 15.4 Å². The van der Waals surface area contributed by atoms with E-state index in [-0.39, 0.29) is 5.91 Å². The Morgan fingerprint density at radius 1 is 1.50 bits per heavy atom. The molecule has 0 bridgehead atoms. The van der Waals surface area contributed by atoms with E-state index in [1.807, 2.05) is 31.2 Å². The summed E-state index contributed by atoms with van der Waals surface area (Å²) in [7, 11) is 0. The van der Waals surface area contributed by atoms with Crippen molar-refractivity contribution in [1.29, 1.82) is 0 Å². The summed E-state index contributed by atoms with van der Waals surface area (Å²) >= 11 is 0. The summed E-state index contributed by atoms with van der Waals surface area (Å²) in [6.45, 7) is 5.04. The molecule has 1 heterocycles. The minimum atomic E-state index is 0.00447. The molecule has 1 unspecified atom stereocenters. The van der Waals surface area contributed by atoms with E-state index in [0.29, 0.717) is 12.6 Å². The molecule has 18 heavy (non-hydrogen) atoms. The third kappa shape index (κ3) is 3.55. The van der Waals surface area contributed by atoms with Crippen LogP contribution in [0.1, 0.15) is 22.3 Å². The molecule has 0 aliphatic carbocycles. The lowest BCUT2D eigenvalue weighted by Gasteiger charge is -2.23. The van der Waals surface area contributed by atoms with Crippen LogP contribution in [0.3, 0.4) is 0 Å². The first-order valence-electron chi connectivity index (χ1n) is 6.42. The monoisotopic (exact) mass is 248 g/mol. The molecule has 4 nitrogen and oxygen atoms in total. The number of hydrogen-bond acceptors (Lipinski definition) is 3. The summed E-state index contributed by atoms with van der Waals surface area (Å²) in [6.07, 6.45) is 0.900. The molecule has 2 N–H and O–H groups in total. The Hall–Kier alpha value is -1.39. The maximum absolute atomic E-state index is 11.9. The number of morpholine rings is 1. The number of ether oxygens (including phenoxy) is 1. The number of benzene rings is 1. The van der Waals surface area contributed by atoms with Gasteiger partial charge in [-0.15, -0.1) is 0 Å². The summed E-state index contributed by atoms with van der Waals surface area (Å²) in [5.74, 6) is 0.00447. The molecule has 1 aromatic carbocycles. The van der Waals surface area contributed by atoms with Gasteiger partial charge in [-0.25, -0.2) is 0 Å². The van der Waals surface area contributed by atoms with Crippen LogP contribution in [-0.4, -0.2) is 38.3 Å². The maximum atomic E-state index is 11.9. The molecule has 2 rings (SSSR count). The lowest BCUT2D eigenvalue weighted by atomic mass is 10.1. The van der Waals surface area contributed by atoms with Gasteiger partial charge >= 0.3 is 0 Å². The molecule has 0 spiro atoms. The van der Waals surface area contributed by atoms with Gasteiger partial charge in [-0.2, -0.15) is 0 Å². The summed E-state index contributed by atoms with van der Waals surface area (Å²) in [5, 5.41) is 6.32. The molecule has 0 radical (unpaired) electrons. The molecule has 1 aliphatic heterocycles. The second-order valence-electron chi connectivity index (χ2n) is 4.59.